The standard InChI is InChI=1S/C23H18ClF3N4OS/c24-16-6-7-19(32-23(26)27)18(10-16)20-22(31-9-1-8-28-31)33-21(29-20)15-4-2-14(3-5-15)11-30-12-17(25)13-30/h1-10,17,23H,11-13H2. The SMILES string of the molecule is FC1CN(Cc2ccc(-c3nc(-c4cc(Cl)ccc4OC(F)F)c(-n4cccn4)s3)cc2)C1. The molecule has 10 heteroatoms. The summed E-state index contributed by atoms with van der Waals surface area (Å²) in [5.74, 6) is -0.0179. The van der Waals surface area contributed by atoms with Gasteiger partial charge >= 0.3 is 6.61 Å². The number of likely N-dealkylation sites (tertiary alicyclic amines) is 1. The molecule has 3 heterocycles. The maximum atomic E-state index is 13.1. The molecule has 2 aromatic carbocycles. The van der Waals surface area contributed by atoms with Crippen molar-refractivity contribution in [1.82, 2.24) is 19.7 Å². The fourth-order valence-corrected chi connectivity index (χ4v) is 4.89. The molecule has 0 bridgehead atoms. The molecule has 4 aromatic rings. The third-order valence-electron chi connectivity index (χ3n) is 5.25. The van der Waals surface area contributed by atoms with E-state index in [1.807, 2.05) is 29.2 Å². The van der Waals surface area contributed by atoms with Crippen LogP contribution in [-0.4, -0.2) is 45.5 Å². The maximum Gasteiger partial charge on any atom is 0.387 e. The van der Waals surface area contributed by atoms with E-state index >= 15 is 0 Å². The van der Waals surface area contributed by atoms with Crippen LogP contribution >= 0.6 is 22.9 Å². The first-order valence-electron chi connectivity index (χ1n) is 10.2. The molecule has 0 aliphatic carbocycles. The van der Waals surface area contributed by atoms with E-state index in [9.17, 15) is 13.2 Å². The van der Waals surface area contributed by atoms with Crippen molar-refractivity contribution in [2.24, 2.45) is 0 Å². The number of nitrogens with zero attached hydrogens (tertiary/aromatic N) is 4. The van der Waals surface area contributed by atoms with Crippen molar-refractivity contribution in [3.05, 3.63) is 71.5 Å². The van der Waals surface area contributed by atoms with Gasteiger partial charge in [0, 0.05) is 48.2 Å². The van der Waals surface area contributed by atoms with Gasteiger partial charge in [0.05, 0.1) is 0 Å². The average molecular weight is 491 g/mol. The van der Waals surface area contributed by atoms with Crippen LogP contribution in [0.5, 0.6) is 5.75 Å². The number of aromatic nitrogens is 3. The van der Waals surface area contributed by atoms with E-state index in [1.165, 1.54) is 23.5 Å². The van der Waals surface area contributed by atoms with Gasteiger partial charge in [-0.3, -0.25) is 4.90 Å². The average Bonchev–Trinajstić information content (AvgIpc) is 3.44. The van der Waals surface area contributed by atoms with Crippen LogP contribution in [0.25, 0.3) is 26.8 Å². The Balaban J connectivity index is 1.52. The first-order valence-corrected chi connectivity index (χ1v) is 11.4. The molecule has 1 fully saturated rings. The number of benzene rings is 2. The molecule has 33 heavy (non-hydrogen) atoms. The van der Waals surface area contributed by atoms with Crippen molar-refractivity contribution in [2.75, 3.05) is 13.1 Å². The van der Waals surface area contributed by atoms with Gasteiger partial charge in [0.1, 0.15) is 27.6 Å². The zero-order chi connectivity index (χ0) is 22.9. The highest BCUT2D eigenvalue weighted by molar-refractivity contribution is 7.18. The summed E-state index contributed by atoms with van der Waals surface area (Å²) in [5.41, 5.74) is 2.74. The minimum absolute atomic E-state index is 0.0179. The van der Waals surface area contributed by atoms with Gasteiger partial charge in [0.25, 0.3) is 0 Å². The molecule has 0 saturated carbocycles. The molecular formula is C23H18ClF3N4OS. The Morgan fingerprint density at radius 2 is 1.94 bits per heavy atom. The molecule has 5 rings (SSSR count). The molecule has 0 amide bonds. The Morgan fingerprint density at radius 3 is 2.61 bits per heavy atom. The highest BCUT2D eigenvalue weighted by atomic mass is 35.5. The van der Waals surface area contributed by atoms with E-state index in [4.69, 9.17) is 21.3 Å². The van der Waals surface area contributed by atoms with Crippen LogP contribution in [0.2, 0.25) is 5.02 Å². The first kappa shape index (κ1) is 21.9. The van der Waals surface area contributed by atoms with Crippen LogP contribution < -0.4 is 4.74 Å². The maximum absolute atomic E-state index is 13.1. The molecule has 0 atom stereocenters. The molecule has 1 aliphatic heterocycles. The summed E-state index contributed by atoms with van der Waals surface area (Å²) in [5, 5.41) is 6.00. The highest BCUT2D eigenvalue weighted by Gasteiger charge is 2.26. The minimum Gasteiger partial charge on any atom is -0.434 e. The van der Waals surface area contributed by atoms with Crippen molar-refractivity contribution < 1.29 is 17.9 Å². The molecule has 5 nitrogen and oxygen atoms in total. The van der Waals surface area contributed by atoms with E-state index in [0.29, 0.717) is 45.9 Å². The molecule has 1 aliphatic rings. The van der Waals surface area contributed by atoms with Crippen LogP contribution in [0.1, 0.15) is 5.56 Å². The number of hydrogen-bond donors (Lipinski definition) is 0. The van der Waals surface area contributed by atoms with Crippen molar-refractivity contribution in [3.8, 4) is 32.6 Å². The fourth-order valence-electron chi connectivity index (χ4n) is 3.69. The molecule has 0 radical (unpaired) electrons. The Morgan fingerprint density at radius 1 is 1.15 bits per heavy atom. The molecule has 2 aromatic heterocycles. The van der Waals surface area contributed by atoms with Crippen molar-refractivity contribution in [2.45, 2.75) is 19.3 Å². The van der Waals surface area contributed by atoms with E-state index in [-0.39, 0.29) is 5.75 Å². The molecule has 0 N–H and O–H groups in total. The second-order valence-electron chi connectivity index (χ2n) is 7.63. The van der Waals surface area contributed by atoms with Crippen molar-refractivity contribution >= 4 is 22.9 Å². The highest BCUT2D eigenvalue weighted by Crippen LogP contribution is 2.41. The Kier molecular flexibility index (Phi) is 6.09. The van der Waals surface area contributed by atoms with Gasteiger partial charge < -0.3 is 4.74 Å². The number of rotatable bonds is 7. The van der Waals surface area contributed by atoms with Crippen LogP contribution in [0.15, 0.2) is 60.9 Å². The van der Waals surface area contributed by atoms with Crippen LogP contribution in [0.3, 0.4) is 0 Å². The minimum atomic E-state index is -2.98. The topological polar surface area (TPSA) is 43.2 Å². The fraction of sp³-hybridized carbons (Fsp3) is 0.217. The number of ether oxygens (including phenoxy) is 1. The zero-order valence-corrected chi connectivity index (χ0v) is 18.7. The lowest BCUT2D eigenvalue weighted by Crippen LogP contribution is -2.47. The summed E-state index contributed by atoms with van der Waals surface area (Å²) in [4.78, 5) is 6.80. The third-order valence-corrected chi connectivity index (χ3v) is 6.58. The summed E-state index contributed by atoms with van der Waals surface area (Å²) in [6, 6.07) is 14.1. The smallest absolute Gasteiger partial charge is 0.387 e. The van der Waals surface area contributed by atoms with Gasteiger partial charge in [-0.15, -0.1) is 0 Å². The monoisotopic (exact) mass is 490 g/mol. The van der Waals surface area contributed by atoms with Gasteiger partial charge in [0.15, 0.2) is 0 Å². The lowest BCUT2D eigenvalue weighted by molar-refractivity contribution is -0.0494. The Hall–Kier alpha value is -2.88. The Labute approximate surface area is 197 Å². The van der Waals surface area contributed by atoms with E-state index in [2.05, 4.69) is 5.10 Å². The molecule has 170 valence electrons. The van der Waals surface area contributed by atoms with Crippen LogP contribution in [0, 0.1) is 0 Å². The molecule has 1 saturated heterocycles. The van der Waals surface area contributed by atoms with Gasteiger partial charge in [-0.1, -0.05) is 47.2 Å². The second-order valence-corrected chi connectivity index (χ2v) is 9.04. The quantitative estimate of drug-likeness (QED) is 0.315. The zero-order valence-electron chi connectivity index (χ0n) is 17.2. The van der Waals surface area contributed by atoms with Gasteiger partial charge in [0.2, 0.25) is 0 Å². The molecular weight excluding hydrogens is 473 g/mol. The molecule has 0 spiro atoms. The third kappa shape index (κ3) is 4.75. The second kappa shape index (κ2) is 9.17. The summed E-state index contributed by atoms with van der Waals surface area (Å²) < 4.78 is 45.5. The Bertz CT molecular complexity index is 1240. The first-order chi connectivity index (χ1) is 16.0. The van der Waals surface area contributed by atoms with Gasteiger partial charge in [-0.05, 0) is 29.8 Å². The largest absolute Gasteiger partial charge is 0.434 e. The summed E-state index contributed by atoms with van der Waals surface area (Å²) in [7, 11) is 0. The number of halogens is 4. The van der Waals surface area contributed by atoms with Crippen molar-refractivity contribution in [1.29, 1.82) is 0 Å². The van der Waals surface area contributed by atoms with E-state index in [0.717, 1.165) is 11.1 Å². The van der Waals surface area contributed by atoms with Gasteiger partial charge in [-0.25, -0.2) is 14.1 Å². The summed E-state index contributed by atoms with van der Waals surface area (Å²) in [6.07, 6.45) is 2.65. The van der Waals surface area contributed by atoms with E-state index < -0.39 is 12.8 Å². The van der Waals surface area contributed by atoms with Crippen LogP contribution in [-0.2, 0) is 6.54 Å². The predicted molar refractivity (Wildman–Crippen MR) is 122 cm³/mol. The number of hydrogen-bond acceptors (Lipinski definition) is 5. The normalized spacial score (nSPS) is 14.6. The number of thiazole rings is 1. The summed E-state index contributed by atoms with van der Waals surface area (Å²) in [6.45, 7) is -1.36. The lowest BCUT2D eigenvalue weighted by Gasteiger charge is -2.34. The number of alkyl halides is 3. The lowest BCUT2D eigenvalue weighted by atomic mass is 10.1. The van der Waals surface area contributed by atoms with Crippen molar-refractivity contribution in [3.63, 3.8) is 0 Å². The van der Waals surface area contributed by atoms with Crippen LogP contribution in [0.4, 0.5) is 13.2 Å². The van der Waals surface area contributed by atoms with E-state index in [1.54, 1.807) is 29.2 Å². The predicted octanol–water partition coefficient (Wildman–Crippen LogP) is 6.07. The summed E-state index contributed by atoms with van der Waals surface area (Å²) >= 11 is 7.55. The van der Waals surface area contributed by atoms with Gasteiger partial charge in [-0.2, -0.15) is 13.9 Å². The molecule has 0 unspecified atom stereocenters.